The number of hydrogen-bond donors (Lipinski definition) is 1. The molecule has 0 aromatic heterocycles. The Bertz CT molecular complexity index is 589. The quantitative estimate of drug-likeness (QED) is 0.579. The minimum atomic E-state index is -0.166. The zero-order chi connectivity index (χ0) is 15.2. The van der Waals surface area contributed by atoms with Crippen molar-refractivity contribution in [1.82, 2.24) is 5.32 Å². The van der Waals surface area contributed by atoms with Crippen LogP contribution in [0.25, 0.3) is 0 Å². The number of hydrogen-bond acceptors (Lipinski definition) is 2. The van der Waals surface area contributed by atoms with Gasteiger partial charge in [0, 0.05) is 31.2 Å². The molecule has 0 aliphatic heterocycles. The molecule has 0 saturated heterocycles. The van der Waals surface area contributed by atoms with Crippen molar-refractivity contribution in [2.45, 2.75) is 17.9 Å². The van der Waals surface area contributed by atoms with Gasteiger partial charge in [-0.15, -0.1) is 11.8 Å². The highest BCUT2D eigenvalue weighted by atomic mass is 79.9. The van der Waals surface area contributed by atoms with Crippen LogP contribution < -0.4 is 5.32 Å². The van der Waals surface area contributed by atoms with Gasteiger partial charge in [0.2, 0.25) is 0 Å². The average molecular weight is 433 g/mol. The van der Waals surface area contributed by atoms with Crippen LogP contribution in [-0.4, -0.2) is 12.3 Å². The van der Waals surface area contributed by atoms with Gasteiger partial charge < -0.3 is 5.32 Å². The molecule has 0 bridgehead atoms. The van der Waals surface area contributed by atoms with Gasteiger partial charge in [-0.2, -0.15) is 0 Å². The zero-order valence-electron chi connectivity index (χ0n) is 11.6. The highest BCUT2D eigenvalue weighted by Crippen LogP contribution is 2.28. The Morgan fingerprint density at radius 3 is 2.43 bits per heavy atom. The molecule has 1 unspecified atom stereocenters. The third kappa shape index (κ3) is 5.09. The van der Waals surface area contributed by atoms with Crippen LogP contribution in [0.3, 0.4) is 0 Å². The van der Waals surface area contributed by atoms with E-state index in [1.807, 2.05) is 25.1 Å². The first kappa shape index (κ1) is 17.0. The van der Waals surface area contributed by atoms with Crippen molar-refractivity contribution in [3.05, 3.63) is 62.8 Å². The van der Waals surface area contributed by atoms with Crippen LogP contribution in [0.4, 0.5) is 4.39 Å². The average Bonchev–Trinajstić information content (AvgIpc) is 2.48. The molecule has 1 N–H and O–H groups in total. The molecule has 0 saturated carbocycles. The van der Waals surface area contributed by atoms with Gasteiger partial charge in [0.05, 0.1) is 0 Å². The number of halogens is 3. The summed E-state index contributed by atoms with van der Waals surface area (Å²) in [5.74, 6) is 0.614. The van der Waals surface area contributed by atoms with E-state index in [1.165, 1.54) is 11.0 Å². The summed E-state index contributed by atoms with van der Waals surface area (Å²) >= 11 is 8.56. The summed E-state index contributed by atoms with van der Waals surface area (Å²) in [6, 6.07) is 13.2. The molecule has 1 atom stereocenters. The standard InChI is InChI=1S/C16H16Br2FNS/c1-2-20-16(14-9-12(18)5-8-15(14)19)10-21-13-6-3-11(17)4-7-13/h3-9,16,20H,2,10H2,1H3. The molecule has 5 heteroatoms. The van der Waals surface area contributed by atoms with Crippen LogP contribution in [0.15, 0.2) is 56.3 Å². The van der Waals surface area contributed by atoms with Gasteiger partial charge in [0.15, 0.2) is 0 Å². The van der Waals surface area contributed by atoms with E-state index < -0.39 is 0 Å². The summed E-state index contributed by atoms with van der Waals surface area (Å²) in [4.78, 5) is 1.18. The third-order valence-corrected chi connectivity index (χ3v) is 5.14. The van der Waals surface area contributed by atoms with Crippen molar-refractivity contribution < 1.29 is 4.39 Å². The maximum absolute atomic E-state index is 14.0. The van der Waals surface area contributed by atoms with E-state index in [1.54, 1.807) is 17.8 Å². The van der Waals surface area contributed by atoms with Crippen molar-refractivity contribution in [1.29, 1.82) is 0 Å². The van der Waals surface area contributed by atoms with Gasteiger partial charge in [-0.3, -0.25) is 0 Å². The molecule has 0 aliphatic rings. The van der Waals surface area contributed by atoms with Gasteiger partial charge >= 0.3 is 0 Å². The number of nitrogens with one attached hydrogen (secondary N) is 1. The normalized spacial score (nSPS) is 12.4. The fourth-order valence-electron chi connectivity index (χ4n) is 2.00. The van der Waals surface area contributed by atoms with Crippen molar-refractivity contribution in [2.24, 2.45) is 0 Å². The smallest absolute Gasteiger partial charge is 0.128 e. The van der Waals surface area contributed by atoms with Gasteiger partial charge in [-0.25, -0.2) is 4.39 Å². The van der Waals surface area contributed by atoms with Crippen LogP contribution >= 0.6 is 43.6 Å². The Morgan fingerprint density at radius 1 is 1.10 bits per heavy atom. The predicted octanol–water partition coefficient (Wildman–Crippen LogP) is 5.79. The molecular formula is C16H16Br2FNS. The highest BCUT2D eigenvalue weighted by Gasteiger charge is 2.15. The molecule has 21 heavy (non-hydrogen) atoms. The minimum Gasteiger partial charge on any atom is -0.309 e. The van der Waals surface area contributed by atoms with Gasteiger partial charge in [0.25, 0.3) is 0 Å². The van der Waals surface area contributed by atoms with Crippen molar-refractivity contribution in [3.8, 4) is 0 Å². The molecule has 0 heterocycles. The van der Waals surface area contributed by atoms with Crippen molar-refractivity contribution in [3.63, 3.8) is 0 Å². The van der Waals surface area contributed by atoms with Gasteiger partial charge in [-0.1, -0.05) is 38.8 Å². The van der Waals surface area contributed by atoms with Crippen LogP contribution in [0.1, 0.15) is 18.5 Å². The summed E-state index contributed by atoms with van der Waals surface area (Å²) in [6.07, 6.45) is 0. The largest absolute Gasteiger partial charge is 0.309 e. The van der Waals surface area contributed by atoms with Crippen LogP contribution in [0, 0.1) is 5.82 Å². The Balaban J connectivity index is 2.11. The van der Waals surface area contributed by atoms with E-state index in [-0.39, 0.29) is 11.9 Å². The van der Waals surface area contributed by atoms with Crippen molar-refractivity contribution in [2.75, 3.05) is 12.3 Å². The Morgan fingerprint density at radius 2 is 1.76 bits per heavy atom. The Kier molecular flexibility index (Phi) is 6.74. The molecule has 2 rings (SSSR count). The molecule has 0 amide bonds. The summed E-state index contributed by atoms with van der Waals surface area (Å²) in [5, 5.41) is 3.36. The maximum atomic E-state index is 14.0. The second-order valence-electron chi connectivity index (χ2n) is 4.54. The zero-order valence-corrected chi connectivity index (χ0v) is 15.6. The number of thioether (sulfide) groups is 1. The third-order valence-electron chi connectivity index (χ3n) is 3.01. The number of benzene rings is 2. The summed E-state index contributed by atoms with van der Waals surface area (Å²) in [5.41, 5.74) is 0.704. The molecular weight excluding hydrogens is 417 g/mol. The SMILES string of the molecule is CCNC(CSc1ccc(Br)cc1)c1cc(Br)ccc1F. The molecule has 0 spiro atoms. The fraction of sp³-hybridized carbons (Fsp3) is 0.250. The van der Waals surface area contributed by atoms with Gasteiger partial charge in [-0.05, 0) is 49.0 Å². The van der Waals surface area contributed by atoms with E-state index >= 15 is 0 Å². The first-order valence-electron chi connectivity index (χ1n) is 6.67. The Labute approximate surface area is 146 Å². The van der Waals surface area contributed by atoms with Crippen LogP contribution in [0.2, 0.25) is 0 Å². The highest BCUT2D eigenvalue weighted by molar-refractivity contribution is 9.10. The lowest BCUT2D eigenvalue weighted by molar-refractivity contribution is 0.545. The second kappa shape index (κ2) is 8.32. The predicted molar refractivity (Wildman–Crippen MR) is 95.4 cm³/mol. The monoisotopic (exact) mass is 431 g/mol. The van der Waals surface area contributed by atoms with Crippen LogP contribution in [-0.2, 0) is 0 Å². The molecule has 2 aromatic rings. The molecule has 112 valence electrons. The van der Waals surface area contributed by atoms with Gasteiger partial charge in [0.1, 0.15) is 5.82 Å². The fourth-order valence-corrected chi connectivity index (χ4v) is 3.63. The van der Waals surface area contributed by atoms with E-state index in [9.17, 15) is 4.39 Å². The minimum absolute atomic E-state index is 0.0128. The maximum Gasteiger partial charge on any atom is 0.128 e. The van der Waals surface area contributed by atoms with E-state index in [4.69, 9.17) is 0 Å². The molecule has 0 fully saturated rings. The molecule has 2 aromatic carbocycles. The first-order valence-corrected chi connectivity index (χ1v) is 9.24. The molecule has 0 radical (unpaired) electrons. The van der Waals surface area contributed by atoms with Crippen molar-refractivity contribution >= 4 is 43.6 Å². The summed E-state index contributed by atoms with van der Waals surface area (Å²) < 4.78 is 16.0. The topological polar surface area (TPSA) is 12.0 Å². The lowest BCUT2D eigenvalue weighted by atomic mass is 10.1. The summed E-state index contributed by atoms with van der Waals surface area (Å²) in [7, 11) is 0. The summed E-state index contributed by atoms with van der Waals surface area (Å²) in [6.45, 7) is 2.84. The lowest BCUT2D eigenvalue weighted by Crippen LogP contribution is -2.24. The second-order valence-corrected chi connectivity index (χ2v) is 7.47. The van der Waals surface area contributed by atoms with E-state index in [2.05, 4.69) is 49.3 Å². The Hall–Kier alpha value is -0.360. The number of rotatable bonds is 6. The lowest BCUT2D eigenvalue weighted by Gasteiger charge is -2.19. The van der Waals surface area contributed by atoms with Crippen LogP contribution in [0.5, 0.6) is 0 Å². The first-order chi connectivity index (χ1) is 10.1. The molecule has 1 nitrogen and oxygen atoms in total. The van der Waals surface area contributed by atoms with E-state index in [0.29, 0.717) is 5.56 Å². The van der Waals surface area contributed by atoms with E-state index in [0.717, 1.165) is 21.2 Å². The molecule has 0 aliphatic carbocycles.